The molecule has 0 radical (unpaired) electrons. The summed E-state index contributed by atoms with van der Waals surface area (Å²) in [5, 5.41) is 14.2. The van der Waals surface area contributed by atoms with Crippen LogP contribution in [0.3, 0.4) is 0 Å². The van der Waals surface area contributed by atoms with E-state index in [1.165, 1.54) is 11.3 Å². The Morgan fingerprint density at radius 1 is 1.41 bits per heavy atom. The fraction of sp³-hybridized carbons (Fsp3) is 0.600. The maximum atomic E-state index is 12.1. The van der Waals surface area contributed by atoms with Crippen molar-refractivity contribution in [1.29, 1.82) is 5.26 Å². The van der Waals surface area contributed by atoms with Crippen LogP contribution in [0.4, 0.5) is 5.00 Å². The smallest absolute Gasteiger partial charge is 0.239 e. The van der Waals surface area contributed by atoms with Crippen molar-refractivity contribution in [3.8, 4) is 6.07 Å². The van der Waals surface area contributed by atoms with E-state index in [-0.39, 0.29) is 5.91 Å². The second-order valence-electron chi connectivity index (χ2n) is 5.14. The molecule has 2 heterocycles. The van der Waals surface area contributed by atoms with Gasteiger partial charge < -0.3 is 10.1 Å². The first-order valence-electron chi connectivity index (χ1n) is 7.52. The lowest BCUT2D eigenvalue weighted by Crippen LogP contribution is -2.49. The number of thiophene rings is 1. The van der Waals surface area contributed by atoms with E-state index in [4.69, 9.17) is 10.00 Å². The first-order valence-corrected chi connectivity index (χ1v) is 8.40. The number of nitrogens with zero attached hydrogens (tertiary/aromatic N) is 3. The number of hydrogen-bond donors (Lipinski definition) is 1. The van der Waals surface area contributed by atoms with E-state index in [0.717, 1.165) is 45.9 Å². The van der Waals surface area contributed by atoms with E-state index in [9.17, 15) is 4.79 Å². The zero-order valence-electron chi connectivity index (χ0n) is 12.9. The van der Waals surface area contributed by atoms with Crippen LogP contribution in [0.15, 0.2) is 11.4 Å². The van der Waals surface area contributed by atoms with Gasteiger partial charge in [0, 0.05) is 39.3 Å². The number of anilines is 1. The highest BCUT2D eigenvalue weighted by Crippen LogP contribution is 2.21. The van der Waals surface area contributed by atoms with E-state index in [1.54, 1.807) is 6.07 Å². The van der Waals surface area contributed by atoms with Crippen LogP contribution in [0.25, 0.3) is 0 Å². The number of rotatable bonds is 7. The van der Waals surface area contributed by atoms with E-state index in [1.807, 2.05) is 12.3 Å². The number of piperazine rings is 1. The maximum absolute atomic E-state index is 12.1. The van der Waals surface area contributed by atoms with Crippen LogP contribution in [-0.4, -0.2) is 68.2 Å². The minimum Gasteiger partial charge on any atom is -0.380 e. The standard InChI is InChI=1S/C15H22N4O2S/c1-2-21-9-8-18-4-6-19(7-5-18)12-14(20)17-15-13(11-16)3-10-22-15/h3,10H,2,4-9,12H2,1H3,(H,17,20). The van der Waals surface area contributed by atoms with Gasteiger partial charge in [0.25, 0.3) is 0 Å². The number of nitriles is 1. The number of nitrogens with one attached hydrogen (secondary N) is 1. The second kappa shape index (κ2) is 8.86. The average Bonchev–Trinajstić information content (AvgIpc) is 2.96. The Morgan fingerprint density at radius 3 is 2.82 bits per heavy atom. The van der Waals surface area contributed by atoms with Gasteiger partial charge in [0.1, 0.15) is 11.1 Å². The summed E-state index contributed by atoms with van der Waals surface area (Å²) >= 11 is 1.38. The van der Waals surface area contributed by atoms with Gasteiger partial charge >= 0.3 is 0 Å². The van der Waals surface area contributed by atoms with Crippen molar-refractivity contribution >= 4 is 22.2 Å². The van der Waals surface area contributed by atoms with Gasteiger partial charge in [0.2, 0.25) is 5.91 Å². The van der Waals surface area contributed by atoms with E-state index < -0.39 is 0 Å². The lowest BCUT2D eigenvalue weighted by atomic mass is 10.3. The van der Waals surface area contributed by atoms with Crippen LogP contribution in [0, 0.1) is 11.3 Å². The van der Waals surface area contributed by atoms with Gasteiger partial charge in [0.05, 0.1) is 18.7 Å². The minimum atomic E-state index is -0.0540. The van der Waals surface area contributed by atoms with Gasteiger partial charge in [0.15, 0.2) is 0 Å². The Hall–Kier alpha value is -1.46. The Kier molecular flexibility index (Phi) is 6.80. The van der Waals surface area contributed by atoms with E-state index in [0.29, 0.717) is 17.1 Å². The molecule has 0 unspecified atom stereocenters. The van der Waals surface area contributed by atoms with E-state index in [2.05, 4.69) is 21.2 Å². The fourth-order valence-corrected chi connectivity index (χ4v) is 3.13. The second-order valence-corrected chi connectivity index (χ2v) is 6.05. The monoisotopic (exact) mass is 322 g/mol. The molecule has 0 spiro atoms. The van der Waals surface area contributed by atoms with Gasteiger partial charge in [-0.1, -0.05) is 0 Å². The van der Waals surface area contributed by atoms with Crippen LogP contribution >= 0.6 is 11.3 Å². The molecule has 6 nitrogen and oxygen atoms in total. The Balaban J connectivity index is 1.70. The number of carbonyl (C=O) groups excluding carboxylic acids is 1. The summed E-state index contributed by atoms with van der Waals surface area (Å²) in [6, 6.07) is 3.80. The van der Waals surface area contributed by atoms with Gasteiger partial charge in [-0.25, -0.2) is 0 Å². The SMILES string of the molecule is CCOCCN1CCN(CC(=O)Nc2sccc2C#N)CC1. The lowest BCUT2D eigenvalue weighted by Gasteiger charge is -2.34. The van der Waals surface area contributed by atoms with Crippen LogP contribution in [-0.2, 0) is 9.53 Å². The predicted octanol–water partition coefficient (Wildman–Crippen LogP) is 1.21. The lowest BCUT2D eigenvalue weighted by molar-refractivity contribution is -0.117. The molecule has 0 saturated carbocycles. The zero-order chi connectivity index (χ0) is 15.8. The summed E-state index contributed by atoms with van der Waals surface area (Å²) in [6.07, 6.45) is 0. The largest absolute Gasteiger partial charge is 0.380 e. The van der Waals surface area contributed by atoms with Crippen molar-refractivity contribution < 1.29 is 9.53 Å². The van der Waals surface area contributed by atoms with Gasteiger partial charge in [-0.3, -0.25) is 14.6 Å². The van der Waals surface area contributed by atoms with Crippen molar-refractivity contribution in [3.05, 3.63) is 17.0 Å². The molecule has 0 bridgehead atoms. The Bertz CT molecular complexity index is 518. The first kappa shape index (κ1) is 16.9. The van der Waals surface area contributed by atoms with Crippen molar-refractivity contribution in [2.24, 2.45) is 0 Å². The third-order valence-electron chi connectivity index (χ3n) is 3.63. The summed E-state index contributed by atoms with van der Waals surface area (Å²) in [6.45, 7) is 8.55. The highest BCUT2D eigenvalue weighted by atomic mass is 32.1. The average molecular weight is 322 g/mol. The van der Waals surface area contributed by atoms with Gasteiger partial charge in [-0.15, -0.1) is 11.3 Å². The molecule has 1 N–H and O–H groups in total. The fourth-order valence-electron chi connectivity index (χ4n) is 2.37. The summed E-state index contributed by atoms with van der Waals surface area (Å²) in [5.41, 5.74) is 0.527. The molecule has 0 aliphatic carbocycles. The number of carbonyl (C=O) groups is 1. The normalized spacial score (nSPS) is 16.4. The van der Waals surface area contributed by atoms with Crippen LogP contribution in [0.2, 0.25) is 0 Å². The van der Waals surface area contributed by atoms with Gasteiger partial charge in [-0.05, 0) is 18.4 Å². The summed E-state index contributed by atoms with van der Waals surface area (Å²) in [5.74, 6) is -0.0540. The minimum absolute atomic E-state index is 0.0540. The number of amides is 1. The molecule has 120 valence electrons. The molecule has 1 amide bonds. The van der Waals surface area contributed by atoms with Crippen molar-refractivity contribution in [2.75, 3.05) is 57.8 Å². The molecule has 1 saturated heterocycles. The predicted molar refractivity (Wildman–Crippen MR) is 87.0 cm³/mol. The van der Waals surface area contributed by atoms with Gasteiger partial charge in [-0.2, -0.15) is 5.26 Å². The highest BCUT2D eigenvalue weighted by molar-refractivity contribution is 7.14. The van der Waals surface area contributed by atoms with Crippen molar-refractivity contribution in [2.45, 2.75) is 6.92 Å². The zero-order valence-corrected chi connectivity index (χ0v) is 13.7. The maximum Gasteiger partial charge on any atom is 0.239 e. The molecular weight excluding hydrogens is 300 g/mol. The van der Waals surface area contributed by atoms with Crippen molar-refractivity contribution in [3.63, 3.8) is 0 Å². The Labute approximate surface area is 135 Å². The van der Waals surface area contributed by atoms with E-state index >= 15 is 0 Å². The molecule has 0 atom stereocenters. The molecule has 2 rings (SSSR count). The molecule has 1 fully saturated rings. The molecule has 0 aromatic carbocycles. The summed E-state index contributed by atoms with van der Waals surface area (Å²) < 4.78 is 5.36. The quantitative estimate of drug-likeness (QED) is 0.764. The molecular formula is C15H22N4O2S. The van der Waals surface area contributed by atoms with Crippen LogP contribution < -0.4 is 5.32 Å². The Morgan fingerprint density at radius 2 is 2.14 bits per heavy atom. The highest BCUT2D eigenvalue weighted by Gasteiger charge is 2.19. The molecule has 1 aliphatic heterocycles. The third kappa shape index (κ3) is 5.07. The first-order chi connectivity index (χ1) is 10.7. The molecule has 1 aromatic heterocycles. The number of hydrogen-bond acceptors (Lipinski definition) is 6. The molecule has 22 heavy (non-hydrogen) atoms. The molecule has 7 heteroatoms. The van der Waals surface area contributed by atoms with Crippen LogP contribution in [0.5, 0.6) is 0 Å². The molecule has 1 aromatic rings. The summed E-state index contributed by atoms with van der Waals surface area (Å²) in [4.78, 5) is 16.6. The number of ether oxygens (including phenoxy) is 1. The van der Waals surface area contributed by atoms with Crippen LogP contribution in [0.1, 0.15) is 12.5 Å². The molecule has 1 aliphatic rings. The topological polar surface area (TPSA) is 68.6 Å². The van der Waals surface area contributed by atoms with Crippen molar-refractivity contribution in [1.82, 2.24) is 9.80 Å². The third-order valence-corrected chi connectivity index (χ3v) is 4.46. The summed E-state index contributed by atoms with van der Waals surface area (Å²) in [7, 11) is 0.